The number of benzene rings is 1. The summed E-state index contributed by atoms with van der Waals surface area (Å²) in [6, 6.07) is 6.59. The Kier molecular flexibility index (Phi) is 5.36. The summed E-state index contributed by atoms with van der Waals surface area (Å²) in [4.78, 5) is 24.8. The molecular weight excluding hydrogens is 242 g/mol. The number of nitrogens with two attached hydrogens (primary N) is 1. The fourth-order valence-electron chi connectivity index (χ4n) is 1.68. The van der Waals surface area contributed by atoms with Gasteiger partial charge in [0.05, 0.1) is 0 Å². The first-order valence-electron chi connectivity index (χ1n) is 6.37. The van der Waals surface area contributed by atoms with Crippen molar-refractivity contribution in [2.24, 2.45) is 5.73 Å². The van der Waals surface area contributed by atoms with Crippen LogP contribution in [0.3, 0.4) is 0 Å². The van der Waals surface area contributed by atoms with Gasteiger partial charge in [0.2, 0.25) is 5.91 Å². The van der Waals surface area contributed by atoms with Crippen molar-refractivity contribution in [2.45, 2.75) is 26.3 Å². The summed E-state index contributed by atoms with van der Waals surface area (Å²) in [5.41, 5.74) is 6.67. The number of primary amides is 1. The summed E-state index contributed by atoms with van der Waals surface area (Å²) in [6.45, 7) is 4.64. The Labute approximate surface area is 113 Å². The summed E-state index contributed by atoms with van der Waals surface area (Å²) in [6.07, 6.45) is 1.06. The Morgan fingerprint density at radius 1 is 1.32 bits per heavy atom. The third-order valence-electron chi connectivity index (χ3n) is 2.90. The smallest absolute Gasteiger partial charge is 0.251 e. The normalized spacial score (nSPS) is 11.7. The van der Waals surface area contributed by atoms with Crippen molar-refractivity contribution in [2.75, 3.05) is 18.5 Å². The van der Waals surface area contributed by atoms with Crippen molar-refractivity contribution in [1.29, 1.82) is 0 Å². The van der Waals surface area contributed by atoms with Gasteiger partial charge in [0.25, 0.3) is 5.91 Å². The van der Waals surface area contributed by atoms with E-state index in [9.17, 15) is 9.59 Å². The molecular formula is C14H21N3O2. The minimum Gasteiger partial charge on any atom is -0.375 e. The molecule has 5 heteroatoms. The predicted molar refractivity (Wildman–Crippen MR) is 76.1 cm³/mol. The summed E-state index contributed by atoms with van der Waals surface area (Å²) in [7, 11) is 2.01. The average Bonchev–Trinajstić information content (AvgIpc) is 2.39. The van der Waals surface area contributed by atoms with Crippen molar-refractivity contribution in [3.8, 4) is 0 Å². The van der Waals surface area contributed by atoms with Crippen LogP contribution in [-0.2, 0) is 4.79 Å². The van der Waals surface area contributed by atoms with Crippen LogP contribution < -0.4 is 16.0 Å². The fourth-order valence-corrected chi connectivity index (χ4v) is 1.68. The summed E-state index contributed by atoms with van der Waals surface area (Å²) >= 11 is 0. The van der Waals surface area contributed by atoms with Gasteiger partial charge in [-0.3, -0.25) is 9.59 Å². The van der Waals surface area contributed by atoms with E-state index < -0.39 is 11.9 Å². The zero-order chi connectivity index (χ0) is 14.4. The van der Waals surface area contributed by atoms with Gasteiger partial charge in [0.15, 0.2) is 0 Å². The highest BCUT2D eigenvalue weighted by Crippen LogP contribution is 2.14. The number of nitrogens with one attached hydrogen (secondary N) is 1. The van der Waals surface area contributed by atoms with Gasteiger partial charge < -0.3 is 16.0 Å². The van der Waals surface area contributed by atoms with Crippen LogP contribution in [0.15, 0.2) is 24.3 Å². The van der Waals surface area contributed by atoms with Crippen LogP contribution in [0, 0.1) is 0 Å². The molecule has 0 saturated heterocycles. The van der Waals surface area contributed by atoms with Gasteiger partial charge >= 0.3 is 0 Å². The lowest BCUT2D eigenvalue weighted by atomic mass is 10.1. The Hall–Kier alpha value is -2.04. The molecule has 0 spiro atoms. The van der Waals surface area contributed by atoms with E-state index in [0.29, 0.717) is 5.56 Å². The lowest BCUT2D eigenvalue weighted by Gasteiger charge is -2.18. The third-order valence-corrected chi connectivity index (χ3v) is 2.90. The van der Waals surface area contributed by atoms with Crippen LogP contribution in [-0.4, -0.2) is 31.4 Å². The van der Waals surface area contributed by atoms with Gasteiger partial charge in [-0.25, -0.2) is 0 Å². The molecule has 0 aliphatic rings. The molecule has 0 fully saturated rings. The van der Waals surface area contributed by atoms with Crippen LogP contribution >= 0.6 is 0 Å². The van der Waals surface area contributed by atoms with Crippen LogP contribution in [0.5, 0.6) is 0 Å². The number of hydrogen-bond acceptors (Lipinski definition) is 3. The first-order valence-corrected chi connectivity index (χ1v) is 6.37. The highest BCUT2D eigenvalue weighted by atomic mass is 16.2. The molecule has 1 unspecified atom stereocenters. The summed E-state index contributed by atoms with van der Waals surface area (Å²) in [5, 5.41) is 2.54. The molecule has 5 nitrogen and oxygen atoms in total. The van der Waals surface area contributed by atoms with Crippen LogP contribution in [0.1, 0.15) is 30.6 Å². The zero-order valence-electron chi connectivity index (χ0n) is 11.6. The molecule has 0 heterocycles. The highest BCUT2D eigenvalue weighted by Gasteiger charge is 2.13. The predicted octanol–water partition coefficient (Wildman–Crippen LogP) is 1.14. The largest absolute Gasteiger partial charge is 0.375 e. The van der Waals surface area contributed by atoms with Gasteiger partial charge in [-0.15, -0.1) is 0 Å². The maximum atomic E-state index is 11.8. The maximum absolute atomic E-state index is 11.8. The van der Waals surface area contributed by atoms with Gasteiger partial charge in [0, 0.05) is 24.8 Å². The van der Waals surface area contributed by atoms with Crippen LogP contribution in [0.2, 0.25) is 0 Å². The number of hydrogen-bond donors (Lipinski definition) is 2. The Morgan fingerprint density at radius 2 is 1.89 bits per heavy atom. The van der Waals surface area contributed by atoms with E-state index in [1.165, 1.54) is 0 Å². The van der Waals surface area contributed by atoms with Crippen molar-refractivity contribution < 1.29 is 9.59 Å². The van der Waals surface area contributed by atoms with Gasteiger partial charge in [-0.05, 0) is 37.6 Å². The SMILES string of the molecule is CCCN(C)c1ccc(C(=O)NC(C)C(N)=O)cc1. The first kappa shape index (κ1) is 15.0. The summed E-state index contributed by atoms with van der Waals surface area (Å²) in [5.74, 6) is -0.844. The second-order valence-electron chi connectivity index (χ2n) is 4.57. The topological polar surface area (TPSA) is 75.4 Å². The number of amides is 2. The van der Waals surface area contributed by atoms with Gasteiger partial charge in [-0.1, -0.05) is 6.92 Å². The molecule has 2 amide bonds. The van der Waals surface area contributed by atoms with E-state index in [2.05, 4.69) is 17.1 Å². The number of nitrogens with zero attached hydrogens (tertiary/aromatic N) is 1. The molecule has 104 valence electrons. The standard InChI is InChI=1S/C14H21N3O2/c1-4-9-17(3)12-7-5-11(6-8-12)14(19)16-10(2)13(15)18/h5-8,10H,4,9H2,1-3H3,(H2,15,18)(H,16,19). The Balaban J connectivity index is 2.70. The second-order valence-corrected chi connectivity index (χ2v) is 4.57. The van der Waals surface area contributed by atoms with Crippen molar-refractivity contribution in [3.63, 3.8) is 0 Å². The number of carbonyl (C=O) groups is 2. The van der Waals surface area contributed by atoms with Crippen LogP contribution in [0.4, 0.5) is 5.69 Å². The molecule has 0 radical (unpaired) electrons. The van der Waals surface area contributed by atoms with Crippen molar-refractivity contribution in [1.82, 2.24) is 5.32 Å². The van der Waals surface area contributed by atoms with E-state index in [4.69, 9.17) is 5.73 Å². The minimum absolute atomic E-state index is 0.295. The van der Waals surface area contributed by atoms with Crippen LogP contribution in [0.25, 0.3) is 0 Å². The lowest BCUT2D eigenvalue weighted by Crippen LogP contribution is -2.42. The van der Waals surface area contributed by atoms with E-state index in [1.807, 2.05) is 19.2 Å². The van der Waals surface area contributed by atoms with Crippen molar-refractivity contribution >= 4 is 17.5 Å². The van der Waals surface area contributed by atoms with Gasteiger partial charge in [-0.2, -0.15) is 0 Å². The molecule has 1 rings (SSSR count). The molecule has 1 aromatic rings. The molecule has 0 aliphatic heterocycles. The van der Waals surface area contributed by atoms with Crippen molar-refractivity contribution in [3.05, 3.63) is 29.8 Å². The van der Waals surface area contributed by atoms with E-state index in [-0.39, 0.29) is 5.91 Å². The fraction of sp³-hybridized carbons (Fsp3) is 0.429. The van der Waals surface area contributed by atoms with E-state index in [0.717, 1.165) is 18.7 Å². The highest BCUT2D eigenvalue weighted by molar-refractivity contribution is 5.97. The Bertz CT molecular complexity index is 443. The zero-order valence-corrected chi connectivity index (χ0v) is 11.6. The molecule has 0 saturated carbocycles. The maximum Gasteiger partial charge on any atom is 0.251 e. The molecule has 0 aliphatic carbocycles. The van der Waals surface area contributed by atoms with E-state index >= 15 is 0 Å². The first-order chi connectivity index (χ1) is 8.95. The van der Waals surface area contributed by atoms with Gasteiger partial charge in [0.1, 0.15) is 6.04 Å². The molecule has 3 N–H and O–H groups in total. The molecule has 19 heavy (non-hydrogen) atoms. The average molecular weight is 263 g/mol. The lowest BCUT2D eigenvalue weighted by molar-refractivity contribution is -0.119. The van der Waals surface area contributed by atoms with E-state index in [1.54, 1.807) is 19.1 Å². The monoisotopic (exact) mass is 263 g/mol. The quantitative estimate of drug-likeness (QED) is 0.808. The minimum atomic E-state index is -0.671. The number of carbonyl (C=O) groups excluding carboxylic acids is 2. The number of rotatable bonds is 6. The summed E-state index contributed by atoms with van der Waals surface area (Å²) < 4.78 is 0. The molecule has 1 aromatic carbocycles. The second kappa shape index (κ2) is 6.78. The number of anilines is 1. The third kappa shape index (κ3) is 4.28. The molecule has 0 aromatic heterocycles. The molecule has 0 bridgehead atoms. The Morgan fingerprint density at radius 3 is 2.37 bits per heavy atom. The molecule has 1 atom stereocenters.